The first-order valence-corrected chi connectivity index (χ1v) is 14.0. The normalized spacial score (nSPS) is 17.1. The van der Waals surface area contributed by atoms with E-state index in [0.717, 1.165) is 33.8 Å². The number of nitrogens with zero attached hydrogens (tertiary/aromatic N) is 1. The molecule has 7 nitrogen and oxygen atoms in total. The fourth-order valence-electron chi connectivity index (χ4n) is 5.53. The van der Waals surface area contributed by atoms with Gasteiger partial charge in [0.2, 0.25) is 5.91 Å². The van der Waals surface area contributed by atoms with Crippen LogP contribution < -0.4 is 14.8 Å². The predicted molar refractivity (Wildman–Crippen MR) is 156 cm³/mol. The molecular formula is C34H32N2O5. The van der Waals surface area contributed by atoms with Crippen molar-refractivity contribution in [3.63, 3.8) is 0 Å². The molecule has 4 aliphatic rings. The molecule has 2 N–H and O–H groups in total. The van der Waals surface area contributed by atoms with Crippen LogP contribution in [0.3, 0.4) is 0 Å². The fourth-order valence-corrected chi connectivity index (χ4v) is 5.53. The minimum atomic E-state index is -0.379. The van der Waals surface area contributed by atoms with Gasteiger partial charge in [0.1, 0.15) is 23.0 Å². The third kappa shape index (κ3) is 5.89. The third-order valence-electron chi connectivity index (χ3n) is 7.62. The molecular weight excluding hydrogens is 516 g/mol. The lowest BCUT2D eigenvalue weighted by Crippen LogP contribution is -2.40. The number of aryl methyl sites for hydroxylation is 1. The number of carbonyl (C=O) groups is 2. The highest BCUT2D eigenvalue weighted by atomic mass is 16.5. The maximum atomic E-state index is 13.8. The number of benzene rings is 4. The summed E-state index contributed by atoms with van der Waals surface area (Å²) in [6.07, 6.45) is 2.41. The van der Waals surface area contributed by atoms with Gasteiger partial charge in [0, 0.05) is 19.5 Å². The van der Waals surface area contributed by atoms with Crippen molar-refractivity contribution in [3.8, 4) is 23.0 Å². The zero-order valence-electron chi connectivity index (χ0n) is 22.7. The Balaban J connectivity index is 1.39. The molecule has 1 unspecified atom stereocenters. The van der Waals surface area contributed by atoms with E-state index < -0.39 is 0 Å². The molecule has 2 amide bonds. The van der Waals surface area contributed by atoms with Crippen molar-refractivity contribution in [3.05, 3.63) is 119 Å². The summed E-state index contributed by atoms with van der Waals surface area (Å²) in [6.45, 7) is 1.47. The minimum Gasteiger partial charge on any atom is -0.507 e. The number of para-hydroxylation sites is 1. The topological polar surface area (TPSA) is 88.1 Å². The van der Waals surface area contributed by atoms with E-state index in [0.29, 0.717) is 51.1 Å². The van der Waals surface area contributed by atoms with Gasteiger partial charge >= 0.3 is 0 Å². The van der Waals surface area contributed by atoms with E-state index in [2.05, 4.69) is 5.32 Å². The lowest BCUT2D eigenvalue weighted by atomic mass is 9.87. The van der Waals surface area contributed by atoms with Crippen LogP contribution in [0.4, 0.5) is 0 Å². The average Bonchev–Trinajstić information content (AvgIpc) is 2.99. The van der Waals surface area contributed by atoms with E-state index >= 15 is 0 Å². The maximum Gasteiger partial charge on any atom is 0.258 e. The number of nitrogens with one attached hydrogen (secondary N) is 1. The molecule has 0 aromatic heterocycles. The summed E-state index contributed by atoms with van der Waals surface area (Å²) < 4.78 is 12.2. The SMILES string of the molecule is O=C1CCc2ccc(cc2)Oc2ccc3c(c2)CCN(C(=O)c2ccccc2O)C3c2cccc(c2)OCCCN1. The van der Waals surface area contributed by atoms with E-state index in [1.807, 2.05) is 71.6 Å². The molecule has 208 valence electrons. The number of hydrogen-bond acceptors (Lipinski definition) is 5. The van der Waals surface area contributed by atoms with E-state index in [1.54, 1.807) is 18.2 Å². The predicted octanol–water partition coefficient (Wildman–Crippen LogP) is 5.80. The van der Waals surface area contributed by atoms with Crippen LogP contribution in [0.15, 0.2) is 91.0 Å². The smallest absolute Gasteiger partial charge is 0.258 e. The molecule has 8 rings (SSSR count). The summed E-state index contributed by atoms with van der Waals surface area (Å²) in [7, 11) is 0. The molecule has 8 bridgehead atoms. The highest BCUT2D eigenvalue weighted by Crippen LogP contribution is 2.40. The largest absolute Gasteiger partial charge is 0.507 e. The van der Waals surface area contributed by atoms with Gasteiger partial charge in [-0.25, -0.2) is 0 Å². The summed E-state index contributed by atoms with van der Waals surface area (Å²) in [6, 6.07) is 27.9. The highest BCUT2D eigenvalue weighted by Gasteiger charge is 2.34. The van der Waals surface area contributed by atoms with Crippen molar-refractivity contribution in [2.45, 2.75) is 31.7 Å². The van der Waals surface area contributed by atoms with Gasteiger partial charge < -0.3 is 24.8 Å². The fraction of sp³-hybridized carbons (Fsp3) is 0.235. The quantitative estimate of drug-likeness (QED) is 0.314. The monoisotopic (exact) mass is 548 g/mol. The van der Waals surface area contributed by atoms with Gasteiger partial charge in [-0.05, 0) is 90.0 Å². The van der Waals surface area contributed by atoms with E-state index in [4.69, 9.17) is 9.47 Å². The number of fused-ring (bicyclic) bond motifs is 1. The molecule has 0 aliphatic carbocycles. The van der Waals surface area contributed by atoms with Gasteiger partial charge in [0.25, 0.3) is 5.91 Å². The summed E-state index contributed by atoms with van der Waals surface area (Å²) in [5.41, 5.74) is 4.37. The molecule has 4 aliphatic heterocycles. The van der Waals surface area contributed by atoms with E-state index in [-0.39, 0.29) is 29.2 Å². The van der Waals surface area contributed by atoms with Crippen LogP contribution >= 0.6 is 0 Å². The molecule has 0 radical (unpaired) electrons. The average molecular weight is 549 g/mol. The van der Waals surface area contributed by atoms with Gasteiger partial charge in [0.05, 0.1) is 18.2 Å². The number of ether oxygens (including phenoxy) is 2. The first kappa shape index (κ1) is 26.4. The zero-order valence-corrected chi connectivity index (χ0v) is 22.7. The summed E-state index contributed by atoms with van der Waals surface area (Å²) in [5, 5.41) is 13.4. The lowest BCUT2D eigenvalue weighted by Gasteiger charge is -2.38. The summed E-state index contributed by atoms with van der Waals surface area (Å²) in [5.74, 6) is 1.89. The third-order valence-corrected chi connectivity index (χ3v) is 7.62. The van der Waals surface area contributed by atoms with Crippen molar-refractivity contribution in [1.29, 1.82) is 0 Å². The maximum absolute atomic E-state index is 13.8. The molecule has 41 heavy (non-hydrogen) atoms. The Morgan fingerprint density at radius 3 is 2.54 bits per heavy atom. The van der Waals surface area contributed by atoms with Gasteiger partial charge in [-0.3, -0.25) is 9.59 Å². The molecule has 0 saturated heterocycles. The summed E-state index contributed by atoms with van der Waals surface area (Å²) >= 11 is 0. The number of hydrogen-bond donors (Lipinski definition) is 2. The second-order valence-corrected chi connectivity index (χ2v) is 10.4. The molecule has 0 saturated carbocycles. The van der Waals surface area contributed by atoms with Gasteiger partial charge in [-0.15, -0.1) is 0 Å². The summed E-state index contributed by atoms with van der Waals surface area (Å²) in [4.78, 5) is 27.9. The zero-order chi connectivity index (χ0) is 28.2. The second-order valence-electron chi connectivity index (χ2n) is 10.4. The van der Waals surface area contributed by atoms with Crippen molar-refractivity contribution >= 4 is 11.8 Å². The van der Waals surface area contributed by atoms with Crippen molar-refractivity contribution in [1.82, 2.24) is 10.2 Å². The second kappa shape index (κ2) is 11.8. The molecule has 4 aromatic carbocycles. The van der Waals surface area contributed by atoms with Gasteiger partial charge in [-0.2, -0.15) is 0 Å². The van der Waals surface area contributed by atoms with Crippen molar-refractivity contribution in [2.24, 2.45) is 0 Å². The van der Waals surface area contributed by atoms with Crippen LogP contribution in [0.1, 0.15) is 51.5 Å². The number of carbonyl (C=O) groups excluding carboxylic acids is 2. The van der Waals surface area contributed by atoms with Crippen molar-refractivity contribution in [2.75, 3.05) is 19.7 Å². The first-order chi connectivity index (χ1) is 20.0. The molecule has 0 spiro atoms. The number of amides is 2. The van der Waals surface area contributed by atoms with Crippen LogP contribution in [0.25, 0.3) is 0 Å². The van der Waals surface area contributed by atoms with Gasteiger partial charge in [-0.1, -0.05) is 42.5 Å². The first-order valence-electron chi connectivity index (χ1n) is 14.0. The molecule has 4 aromatic rings. The van der Waals surface area contributed by atoms with E-state index in [1.165, 1.54) is 6.07 Å². The van der Waals surface area contributed by atoms with Crippen LogP contribution in [-0.2, 0) is 17.6 Å². The Bertz CT molecular complexity index is 1570. The number of rotatable bonds is 1. The minimum absolute atomic E-state index is 0.0149. The standard InChI is InChI=1S/C34H32N2O5/c37-31-8-2-1-7-30(31)34(39)36-19-17-24-21-28-14-15-29(24)33(36)25-5-3-6-27(22-25)40-20-4-18-35-32(38)16-11-23-9-12-26(41-28)13-10-23/h1-3,5-10,12-15,21-22,33,37H,4,11,16-20H2,(H,35,38). The molecule has 7 heteroatoms. The number of phenols is 1. The number of phenolic OH excluding ortho intramolecular Hbond substituents is 1. The molecule has 4 heterocycles. The Labute approximate surface area is 239 Å². The van der Waals surface area contributed by atoms with Gasteiger partial charge in [0.15, 0.2) is 0 Å². The Morgan fingerprint density at radius 2 is 1.68 bits per heavy atom. The van der Waals surface area contributed by atoms with Crippen molar-refractivity contribution < 1.29 is 24.2 Å². The Kier molecular flexibility index (Phi) is 7.58. The van der Waals surface area contributed by atoms with Crippen LogP contribution in [0.5, 0.6) is 23.0 Å². The van der Waals surface area contributed by atoms with Crippen LogP contribution in [0, 0.1) is 0 Å². The number of aromatic hydroxyl groups is 1. The lowest BCUT2D eigenvalue weighted by molar-refractivity contribution is -0.121. The Morgan fingerprint density at radius 1 is 0.854 bits per heavy atom. The highest BCUT2D eigenvalue weighted by molar-refractivity contribution is 5.97. The van der Waals surface area contributed by atoms with E-state index in [9.17, 15) is 14.7 Å². The molecule has 1 atom stereocenters. The molecule has 0 fully saturated rings. The van der Waals surface area contributed by atoms with Crippen LogP contribution in [0.2, 0.25) is 0 Å². The Hall–Kier alpha value is -4.78. The van der Waals surface area contributed by atoms with Crippen LogP contribution in [-0.4, -0.2) is 41.5 Å².